The van der Waals surface area contributed by atoms with Crippen LogP contribution in [0.15, 0.2) is 306 Å². The molecule has 2 aliphatic carbocycles. The zero-order chi connectivity index (χ0) is 90.1. The summed E-state index contributed by atoms with van der Waals surface area (Å²) in [5.41, 5.74) is 24.6. The minimum atomic E-state index is -0.524. The Morgan fingerprint density at radius 2 is 0.648 bits per heavy atom. The van der Waals surface area contributed by atoms with Crippen LogP contribution in [-0.2, 0) is 14.4 Å². The molecule has 6 heterocycles. The zero-order valence-electron chi connectivity index (χ0n) is 71.2. The summed E-state index contributed by atoms with van der Waals surface area (Å²) in [5, 5.41) is 37.0. The van der Waals surface area contributed by atoms with Crippen molar-refractivity contribution in [2.24, 2.45) is 0 Å². The number of anilines is 6. The minimum absolute atomic E-state index is 0.100. The standard InChI is InChI=1S/C33H33N7O4.C32H31N7O4.C30H29N7O4/c1-37(29(41)15-8-20-40(2,43)26-11-7-12-26)24-9-6-10-25(21-24)39-32-30(31(34)35-22-36-32)38(33(39)42)23-16-18-28(19-17-23)44-27-13-4-3-5-14-27;1-36(28(40)12-7-19-39(2,42)25-15-16-25)23-8-6-9-24(20-23)38-31-29(30(33)34-21-35-31)37(32(38)41)22-13-17-27(18-14-22)43-26-10-4-3-5-11-26;1-34(26(38)10-7-19-37(2,3)40)21-11-13-23(14-12-21)36-29-27(28(31)32-20-33-29)35(30(36)39)22-15-17-25(18-16-22)41-24-8-5-4-6-9-24/h3-6,8-10,13-19,21-22,26H,7,11-12,20H2,1-2H3,(H2,34,35,36);3-14,17-18,20-21,25H,15-16,19H2,1-2H3,(H2,33,34,35);4-18,20H,19H2,1-3H3,(H2,31,32,33)/b15-8+;12-7+;10-7+. The van der Waals surface area contributed by atoms with Gasteiger partial charge in [0.2, 0.25) is 0 Å². The van der Waals surface area contributed by atoms with Crippen molar-refractivity contribution >= 4 is 85.7 Å². The third kappa shape index (κ3) is 19.4. The Kier molecular flexibility index (Phi) is 25.4. The first kappa shape index (κ1) is 87.1. The van der Waals surface area contributed by atoms with Gasteiger partial charge in [0.15, 0.2) is 34.4 Å². The van der Waals surface area contributed by atoms with Gasteiger partial charge in [-0.1, -0.05) is 66.7 Å². The summed E-state index contributed by atoms with van der Waals surface area (Å²) in [7, 11) is 11.2. The Hall–Kier alpha value is -15.8. The Morgan fingerprint density at radius 1 is 0.359 bits per heavy atom. The second-order valence-electron chi connectivity index (χ2n) is 31.6. The number of rotatable bonds is 26. The molecule has 33 heteroatoms. The minimum Gasteiger partial charge on any atom is -0.633 e. The van der Waals surface area contributed by atoms with Crippen LogP contribution in [0.1, 0.15) is 32.1 Å². The van der Waals surface area contributed by atoms with Crippen LogP contribution in [0.5, 0.6) is 34.5 Å². The second kappa shape index (κ2) is 37.3. The molecule has 0 radical (unpaired) electrons. The normalized spacial score (nSPS) is 13.7. The number of quaternary nitrogens is 3. The predicted octanol–water partition coefficient (Wildman–Crippen LogP) is 13.6. The van der Waals surface area contributed by atoms with Crippen LogP contribution in [0, 0.1) is 15.6 Å². The van der Waals surface area contributed by atoms with Gasteiger partial charge < -0.3 is 75.7 Å². The number of nitrogens with zero attached hydrogens (tertiary/aromatic N) is 18. The molecule has 2 unspecified atom stereocenters. The van der Waals surface area contributed by atoms with Crippen molar-refractivity contribution in [2.75, 3.05) is 101 Å². The lowest BCUT2D eigenvalue weighted by Crippen LogP contribution is -2.50. The number of carbonyl (C=O) groups is 3. The molecule has 3 amide bonds. The summed E-state index contributed by atoms with van der Waals surface area (Å²) in [4.78, 5) is 110. The molecule has 6 N–H and O–H groups in total. The van der Waals surface area contributed by atoms with Gasteiger partial charge in [0, 0.05) is 69.3 Å². The number of aromatic nitrogens is 12. The maximum Gasteiger partial charge on any atom is 0.339 e. The summed E-state index contributed by atoms with van der Waals surface area (Å²) in [6.07, 6.45) is 17.8. The number of amides is 3. The third-order valence-corrected chi connectivity index (χ3v) is 22.0. The highest BCUT2D eigenvalue weighted by atomic mass is 16.6. The van der Waals surface area contributed by atoms with Gasteiger partial charge in [-0.2, -0.15) is 0 Å². The number of imidazole rings is 3. The number of carbonyl (C=O) groups excluding carboxylic acids is 3. The SMILES string of the molecule is CN(C(=O)/C=C/C[N+](C)(C)[O-])c1ccc(-n2c(=O)n(-c3ccc(Oc4ccccc4)cc3)c3c(N)ncnc32)cc1.CN(C(=O)/C=C/C[N+](C)([O-])C1CC1)c1cccc(-n2c(=O)n(-c3ccc(Oc4ccccc4)cc3)c3c(N)ncnc32)c1.CN(C(=O)/C=C/C[N+](C)([O-])C1CCC1)c1cccc(-n2c(=O)n(-c3ccc(Oc4ccccc4)cc3)c3c(N)ncnc32)c1. The van der Waals surface area contributed by atoms with E-state index < -0.39 is 16.0 Å². The summed E-state index contributed by atoms with van der Waals surface area (Å²) < 4.78 is 25.1. The predicted molar refractivity (Wildman–Crippen MR) is 494 cm³/mol. The van der Waals surface area contributed by atoms with Crippen molar-refractivity contribution in [3.05, 3.63) is 339 Å². The van der Waals surface area contributed by atoms with Gasteiger partial charge in [-0.15, -0.1) is 0 Å². The van der Waals surface area contributed by atoms with E-state index in [1.165, 1.54) is 93.4 Å². The van der Waals surface area contributed by atoms with E-state index in [0.29, 0.717) is 119 Å². The van der Waals surface area contributed by atoms with Crippen LogP contribution in [0.25, 0.3) is 67.6 Å². The first-order valence-corrected chi connectivity index (χ1v) is 41.1. The van der Waals surface area contributed by atoms with Crippen LogP contribution in [0.3, 0.4) is 0 Å². The molecule has 0 saturated heterocycles. The first-order chi connectivity index (χ1) is 61.6. The lowest BCUT2D eigenvalue weighted by atomic mass is 9.91. The fourth-order valence-corrected chi connectivity index (χ4v) is 14.6. The number of hydrogen-bond acceptors (Lipinski definition) is 21. The zero-order valence-corrected chi connectivity index (χ0v) is 71.2. The number of nitrogens with two attached hydrogens (primary N) is 3. The van der Waals surface area contributed by atoms with Crippen molar-refractivity contribution in [1.29, 1.82) is 0 Å². The Bertz CT molecular complexity index is 6840. The number of likely N-dealkylation sites (N-methyl/N-ethyl adjacent to an activating group) is 6. The summed E-state index contributed by atoms with van der Waals surface area (Å²) in [6.45, 7) is 0.651. The molecule has 2 saturated carbocycles. The number of hydrogen-bond donors (Lipinski definition) is 3. The largest absolute Gasteiger partial charge is 0.633 e. The highest BCUT2D eigenvalue weighted by Crippen LogP contribution is 2.35. The van der Waals surface area contributed by atoms with E-state index in [1.807, 2.05) is 91.0 Å². The number of ether oxygens (including phenoxy) is 3. The van der Waals surface area contributed by atoms with Crippen molar-refractivity contribution in [3.63, 3.8) is 0 Å². The topological polar surface area (TPSA) is 394 Å². The van der Waals surface area contributed by atoms with Crippen LogP contribution in [-0.4, -0.2) is 170 Å². The average molecular weight is 1720 g/mol. The summed E-state index contributed by atoms with van der Waals surface area (Å²) in [6, 6.07) is 70.6. The third-order valence-electron chi connectivity index (χ3n) is 22.0. The summed E-state index contributed by atoms with van der Waals surface area (Å²) >= 11 is 0. The number of hydroxylamine groups is 9. The van der Waals surface area contributed by atoms with Crippen LogP contribution in [0.4, 0.5) is 34.5 Å². The van der Waals surface area contributed by atoms with E-state index in [4.69, 9.17) is 31.4 Å². The molecule has 6 aromatic heterocycles. The fourth-order valence-electron chi connectivity index (χ4n) is 14.6. The molecule has 0 spiro atoms. The van der Waals surface area contributed by atoms with Crippen LogP contribution >= 0.6 is 0 Å². The molecule has 0 aliphatic heterocycles. The van der Waals surface area contributed by atoms with E-state index in [2.05, 4.69) is 29.9 Å². The first-order valence-electron chi connectivity index (χ1n) is 41.1. The molecule has 650 valence electrons. The van der Waals surface area contributed by atoms with Gasteiger partial charge in [0.05, 0.1) is 94.0 Å². The van der Waals surface area contributed by atoms with Crippen molar-refractivity contribution in [2.45, 2.75) is 44.2 Å². The number of nitrogen functional groups attached to an aromatic ring is 3. The molecule has 17 rings (SSSR count). The lowest BCUT2D eigenvalue weighted by molar-refractivity contribution is -0.886. The van der Waals surface area contributed by atoms with Crippen LogP contribution in [0.2, 0.25) is 0 Å². The highest BCUT2D eigenvalue weighted by Gasteiger charge is 2.35. The van der Waals surface area contributed by atoms with Crippen molar-refractivity contribution in [1.82, 2.24) is 57.3 Å². The van der Waals surface area contributed by atoms with E-state index in [-0.39, 0.29) is 81.9 Å². The number of para-hydroxylation sites is 3. The lowest BCUT2D eigenvalue weighted by Gasteiger charge is -2.48. The van der Waals surface area contributed by atoms with E-state index in [9.17, 15) is 44.4 Å². The molecule has 0 bridgehead atoms. The van der Waals surface area contributed by atoms with Gasteiger partial charge in [-0.05, 0) is 207 Å². The van der Waals surface area contributed by atoms with Gasteiger partial charge in [0.25, 0.3) is 17.7 Å². The molecule has 2 fully saturated rings. The molecule has 128 heavy (non-hydrogen) atoms. The maximum absolute atomic E-state index is 14.0. The monoisotopic (exact) mass is 1720 g/mol. The Labute approximate surface area is 734 Å². The maximum atomic E-state index is 14.0. The molecular formula is C95H93N21O12. The molecule has 2 atom stereocenters. The Balaban J connectivity index is 0.000000148. The number of benzene rings is 9. The quantitative estimate of drug-likeness (QED) is 0.0257. The second-order valence-corrected chi connectivity index (χ2v) is 31.6. The molecule has 9 aromatic carbocycles. The van der Waals surface area contributed by atoms with E-state index >= 15 is 0 Å². The highest BCUT2D eigenvalue weighted by molar-refractivity contribution is 6.03. The fraction of sp³-hybridized carbons (Fsp3) is 0.179. The molecular weight excluding hydrogens is 1630 g/mol. The van der Waals surface area contributed by atoms with Gasteiger partial charge in [-0.25, -0.2) is 58.0 Å². The molecule has 2 aliphatic rings. The van der Waals surface area contributed by atoms with E-state index in [1.54, 1.807) is 199 Å². The smallest absolute Gasteiger partial charge is 0.339 e. The van der Waals surface area contributed by atoms with Crippen molar-refractivity contribution in [3.8, 4) is 68.6 Å². The number of fused-ring (bicyclic) bond motifs is 3. The molecule has 15 aromatic rings. The van der Waals surface area contributed by atoms with Gasteiger partial charge >= 0.3 is 17.1 Å². The molecule has 33 nitrogen and oxygen atoms in total. The van der Waals surface area contributed by atoms with Gasteiger partial charge in [0.1, 0.15) is 70.0 Å². The average Bonchev–Trinajstić information content (AvgIpc) is 1.60. The van der Waals surface area contributed by atoms with Crippen LogP contribution < -0.4 is 63.2 Å². The Morgan fingerprint density at radius 3 is 0.961 bits per heavy atom. The van der Waals surface area contributed by atoms with E-state index in [0.717, 1.165) is 32.1 Å². The van der Waals surface area contributed by atoms with Gasteiger partial charge in [-0.3, -0.25) is 28.1 Å². The van der Waals surface area contributed by atoms with Crippen molar-refractivity contribution < 1.29 is 42.5 Å². The summed E-state index contributed by atoms with van der Waals surface area (Å²) in [5.74, 6) is 3.53.